The van der Waals surface area contributed by atoms with Gasteiger partial charge < -0.3 is 18.4 Å². The Bertz CT molecular complexity index is 869. The van der Waals surface area contributed by atoms with Gasteiger partial charge in [-0.25, -0.2) is 4.79 Å². The topological polar surface area (TPSA) is 99.1 Å². The van der Waals surface area contributed by atoms with Crippen molar-refractivity contribution in [2.45, 2.75) is 103 Å². The van der Waals surface area contributed by atoms with Gasteiger partial charge in [-0.1, -0.05) is 33.5 Å². The number of hydrogen-bond donors (Lipinski definition) is 1. The van der Waals surface area contributed by atoms with Crippen molar-refractivity contribution in [1.82, 2.24) is 0 Å². The summed E-state index contributed by atoms with van der Waals surface area (Å²) in [5.41, 5.74) is 0.393. The third kappa shape index (κ3) is 14.2. The monoisotopic (exact) mass is 596 g/mol. The summed E-state index contributed by atoms with van der Waals surface area (Å²) in [5, 5.41) is -0.109. The van der Waals surface area contributed by atoms with E-state index >= 15 is 0 Å². The number of hydrogen-bond acceptors (Lipinski definition) is 6. The zero-order chi connectivity index (χ0) is 30.1. The lowest BCUT2D eigenvalue weighted by Crippen LogP contribution is -2.59. The first-order valence-corrected chi connectivity index (χ1v) is 21.5. The molecule has 11 heteroatoms. The predicted octanol–water partition coefficient (Wildman–Crippen LogP) is 5.68. The first-order valence-electron chi connectivity index (χ1n) is 13.8. The molecule has 0 saturated heterocycles. The fourth-order valence-corrected chi connectivity index (χ4v) is 10.6. The highest BCUT2D eigenvalue weighted by Gasteiger charge is 2.49. The van der Waals surface area contributed by atoms with Crippen LogP contribution < -0.4 is 0 Å². The molecule has 0 aliphatic heterocycles. The summed E-state index contributed by atoms with van der Waals surface area (Å²) >= 11 is 0. The van der Waals surface area contributed by atoms with Crippen LogP contribution in [0.15, 0.2) is 12.2 Å². The van der Waals surface area contributed by atoms with E-state index in [0.29, 0.717) is 25.2 Å². The van der Waals surface area contributed by atoms with E-state index in [0.717, 1.165) is 42.9 Å². The highest BCUT2D eigenvalue weighted by molar-refractivity contribution is 7.85. The number of quaternary nitrogens is 1. The molecule has 1 N–H and O–H groups in total. The molecule has 0 atom stereocenters. The predicted molar refractivity (Wildman–Crippen MR) is 162 cm³/mol. The standard InChI is InChI=1S/C27H57NO7SSi2/c1-24(2)25(29)34-21-20-33-19-13-16-26(3,4)38(11,12)35-27(5,6)37(9,10)23-15-18-28(7,8)17-14-22-36(30,31)32/h1,13-23H2,2-12H3/p+1. The van der Waals surface area contributed by atoms with Crippen LogP contribution in [0, 0.1) is 0 Å². The summed E-state index contributed by atoms with van der Waals surface area (Å²) in [4.78, 5) is 11.4. The fraction of sp³-hybridized carbons (Fsp3) is 0.889. The maximum atomic E-state index is 11.4. The highest BCUT2D eigenvalue weighted by atomic mass is 32.2. The molecule has 0 aliphatic rings. The Balaban J connectivity index is 4.77. The van der Waals surface area contributed by atoms with Crippen molar-refractivity contribution in [3.63, 3.8) is 0 Å². The molecule has 0 aliphatic carbocycles. The van der Waals surface area contributed by atoms with Crippen molar-refractivity contribution in [2.75, 3.05) is 52.8 Å². The van der Waals surface area contributed by atoms with Gasteiger partial charge in [0.05, 0.1) is 47.6 Å². The Morgan fingerprint density at radius 3 is 2.03 bits per heavy atom. The number of ether oxygens (including phenoxy) is 2. The lowest BCUT2D eigenvalue weighted by atomic mass is 10.1. The van der Waals surface area contributed by atoms with E-state index in [4.69, 9.17) is 18.5 Å². The Morgan fingerprint density at radius 1 is 0.947 bits per heavy atom. The Morgan fingerprint density at radius 2 is 1.50 bits per heavy atom. The minimum absolute atomic E-state index is 0.0659. The van der Waals surface area contributed by atoms with E-state index in [1.165, 1.54) is 0 Å². The van der Waals surface area contributed by atoms with Crippen molar-refractivity contribution < 1.29 is 36.1 Å². The molecular weight excluding hydrogens is 539 g/mol. The van der Waals surface area contributed by atoms with Crippen LogP contribution in [0.3, 0.4) is 0 Å². The van der Waals surface area contributed by atoms with Gasteiger partial charge in [0.25, 0.3) is 10.1 Å². The molecule has 0 bridgehead atoms. The summed E-state index contributed by atoms with van der Waals surface area (Å²) in [6.45, 7) is 26.8. The summed E-state index contributed by atoms with van der Waals surface area (Å²) in [5.74, 6) is -0.561. The van der Waals surface area contributed by atoms with E-state index < -0.39 is 26.5 Å². The van der Waals surface area contributed by atoms with Gasteiger partial charge in [-0.05, 0) is 64.2 Å². The van der Waals surface area contributed by atoms with E-state index in [-0.39, 0.29) is 28.6 Å². The number of nitrogens with zero attached hydrogens (tertiary/aromatic N) is 1. The number of esters is 1. The quantitative estimate of drug-likeness (QED) is 0.0482. The van der Waals surface area contributed by atoms with Gasteiger partial charge in [-0.3, -0.25) is 4.55 Å². The zero-order valence-electron chi connectivity index (χ0n) is 26.2. The summed E-state index contributed by atoms with van der Waals surface area (Å²) in [6, 6.07) is 1.13. The SMILES string of the molecule is C=C(C)C(=O)OCCOCCCC(C)(C)[Si](C)(C)OC(C)(C)[Si](C)(C)CCC[N+](C)(C)CCCS(=O)(=O)O. The van der Waals surface area contributed by atoms with Crippen molar-refractivity contribution in [3.05, 3.63) is 12.2 Å². The van der Waals surface area contributed by atoms with Crippen LogP contribution in [0.2, 0.25) is 37.3 Å². The maximum absolute atomic E-state index is 11.4. The smallest absolute Gasteiger partial charge is 0.333 e. The Hall–Kier alpha value is -0.566. The molecule has 0 aromatic heterocycles. The number of carbonyl (C=O) groups excluding carboxylic acids is 1. The number of rotatable bonds is 20. The average molecular weight is 597 g/mol. The first kappa shape index (κ1) is 37.4. The van der Waals surface area contributed by atoms with Gasteiger partial charge >= 0.3 is 5.97 Å². The molecule has 0 spiro atoms. The molecule has 0 amide bonds. The van der Waals surface area contributed by atoms with Crippen LogP contribution >= 0.6 is 0 Å². The molecule has 0 aromatic carbocycles. The van der Waals surface area contributed by atoms with Gasteiger partial charge in [0.2, 0.25) is 0 Å². The maximum Gasteiger partial charge on any atom is 0.333 e. The molecular formula is C27H58NO7SSi2+. The van der Waals surface area contributed by atoms with Gasteiger partial charge in [0.1, 0.15) is 6.61 Å². The third-order valence-electron chi connectivity index (χ3n) is 8.40. The van der Waals surface area contributed by atoms with Crippen LogP contribution in [0.5, 0.6) is 0 Å². The second-order valence-electron chi connectivity index (χ2n) is 13.6. The van der Waals surface area contributed by atoms with Crippen molar-refractivity contribution in [1.29, 1.82) is 0 Å². The van der Waals surface area contributed by atoms with Crippen LogP contribution in [0.4, 0.5) is 0 Å². The Labute approximate surface area is 236 Å². The Kier molecular flexibility index (Phi) is 14.7. The molecule has 0 aromatic rings. The molecule has 0 saturated carbocycles. The fourth-order valence-electron chi connectivity index (χ4n) is 4.29. The van der Waals surface area contributed by atoms with Gasteiger partial charge in [-0.2, -0.15) is 8.42 Å². The van der Waals surface area contributed by atoms with Crippen molar-refractivity contribution >= 4 is 32.5 Å². The first-order chi connectivity index (χ1) is 16.9. The van der Waals surface area contributed by atoms with Gasteiger partial charge in [0.15, 0.2) is 8.32 Å². The van der Waals surface area contributed by atoms with Crippen LogP contribution in [-0.2, 0) is 28.8 Å². The second-order valence-corrected chi connectivity index (χ2v) is 25.3. The van der Waals surface area contributed by atoms with E-state index in [9.17, 15) is 13.2 Å². The molecule has 0 radical (unpaired) electrons. The van der Waals surface area contributed by atoms with Crippen LogP contribution in [-0.4, -0.2) is 97.8 Å². The molecule has 0 unspecified atom stereocenters. The average Bonchev–Trinajstić information content (AvgIpc) is 2.70. The van der Waals surface area contributed by atoms with E-state index in [1.54, 1.807) is 6.92 Å². The largest absolute Gasteiger partial charge is 0.460 e. The van der Waals surface area contributed by atoms with Crippen LogP contribution in [0.25, 0.3) is 0 Å². The van der Waals surface area contributed by atoms with Crippen LogP contribution in [0.1, 0.15) is 60.3 Å². The minimum Gasteiger partial charge on any atom is -0.460 e. The molecule has 8 nitrogen and oxygen atoms in total. The number of carbonyl (C=O) groups is 1. The highest BCUT2D eigenvalue weighted by Crippen LogP contribution is 2.45. The molecule has 0 heterocycles. The molecule has 38 heavy (non-hydrogen) atoms. The minimum atomic E-state index is -3.90. The third-order valence-corrected chi connectivity index (χ3v) is 18.9. The summed E-state index contributed by atoms with van der Waals surface area (Å²) in [7, 11) is -3.49. The molecule has 226 valence electrons. The summed E-state index contributed by atoms with van der Waals surface area (Å²) < 4.78 is 49.6. The van der Waals surface area contributed by atoms with Gasteiger partial charge in [-0.15, -0.1) is 0 Å². The lowest BCUT2D eigenvalue weighted by Gasteiger charge is -2.50. The summed E-state index contributed by atoms with van der Waals surface area (Å²) in [6.07, 6.45) is 3.46. The second kappa shape index (κ2) is 14.9. The van der Waals surface area contributed by atoms with Gasteiger partial charge in [0, 0.05) is 23.8 Å². The lowest BCUT2D eigenvalue weighted by molar-refractivity contribution is -0.890. The van der Waals surface area contributed by atoms with E-state index in [2.05, 4.69) is 74.6 Å². The van der Waals surface area contributed by atoms with Crippen molar-refractivity contribution in [3.8, 4) is 0 Å². The van der Waals surface area contributed by atoms with Crippen molar-refractivity contribution in [2.24, 2.45) is 0 Å². The molecule has 0 rings (SSSR count). The normalized spacial score (nSPS) is 14.0. The molecule has 0 fully saturated rings. The zero-order valence-corrected chi connectivity index (χ0v) is 29.1. The van der Waals surface area contributed by atoms with E-state index in [1.807, 2.05) is 0 Å².